The van der Waals surface area contributed by atoms with Gasteiger partial charge in [0.15, 0.2) is 6.61 Å². The van der Waals surface area contributed by atoms with Gasteiger partial charge in [-0.2, -0.15) is 0 Å². The molecule has 0 radical (unpaired) electrons. The van der Waals surface area contributed by atoms with Gasteiger partial charge in [-0.25, -0.2) is 0 Å². The van der Waals surface area contributed by atoms with E-state index in [1.54, 1.807) is 12.1 Å². The zero-order chi connectivity index (χ0) is 20.5. The molecule has 0 aliphatic carbocycles. The Labute approximate surface area is 172 Å². The molecule has 2 aromatic rings. The van der Waals surface area contributed by atoms with Crippen LogP contribution in [0.5, 0.6) is 17.2 Å². The minimum atomic E-state index is -0.117. The maximum Gasteiger partial charge on any atom is 0.257 e. The number of nitrogens with one attached hydrogen (secondary N) is 1. The third kappa shape index (κ3) is 6.76. The molecule has 3 rings (SSSR count). The number of nitrogens with zero attached hydrogens (tertiary/aromatic N) is 1. The molecular formula is C23H30N2O4. The standard InChI is InChI=1S/C23H30N2O4/c1-18(2)22(25-12-14-27-15-13-25)16-24-23(26)17-28-19-8-10-21(11-9-19)29-20-6-4-3-5-7-20/h3-11,18,22H,12-17H2,1-2H3,(H,24,26)/t22-/m0/s1. The van der Waals surface area contributed by atoms with Crippen molar-refractivity contribution in [2.75, 3.05) is 39.5 Å². The van der Waals surface area contributed by atoms with Crippen LogP contribution >= 0.6 is 0 Å². The number of hydrogen-bond donors (Lipinski definition) is 1. The molecule has 29 heavy (non-hydrogen) atoms. The number of morpholine rings is 1. The minimum absolute atomic E-state index is 0.00713. The molecule has 2 aromatic carbocycles. The van der Waals surface area contributed by atoms with Gasteiger partial charge in [-0.05, 0) is 42.3 Å². The summed E-state index contributed by atoms with van der Waals surface area (Å²) in [6, 6.07) is 17.2. The first-order valence-corrected chi connectivity index (χ1v) is 10.2. The number of carbonyl (C=O) groups excluding carboxylic acids is 1. The fourth-order valence-electron chi connectivity index (χ4n) is 3.34. The molecule has 0 spiro atoms. The Morgan fingerprint density at radius 3 is 2.28 bits per heavy atom. The molecular weight excluding hydrogens is 368 g/mol. The maximum absolute atomic E-state index is 12.2. The third-order valence-electron chi connectivity index (χ3n) is 4.97. The van der Waals surface area contributed by atoms with E-state index in [1.165, 1.54) is 0 Å². The van der Waals surface area contributed by atoms with Crippen molar-refractivity contribution >= 4 is 5.91 Å². The molecule has 1 saturated heterocycles. The van der Waals surface area contributed by atoms with Gasteiger partial charge in [0.1, 0.15) is 17.2 Å². The molecule has 1 N–H and O–H groups in total. The first-order valence-electron chi connectivity index (χ1n) is 10.2. The third-order valence-corrected chi connectivity index (χ3v) is 4.97. The average Bonchev–Trinajstić information content (AvgIpc) is 2.75. The van der Waals surface area contributed by atoms with Gasteiger partial charge in [0, 0.05) is 25.7 Å². The Morgan fingerprint density at radius 1 is 1.00 bits per heavy atom. The molecule has 1 fully saturated rings. The number of ether oxygens (including phenoxy) is 3. The molecule has 156 valence electrons. The van der Waals surface area contributed by atoms with E-state index in [9.17, 15) is 4.79 Å². The average molecular weight is 399 g/mol. The van der Waals surface area contributed by atoms with Crippen LogP contribution in [0.2, 0.25) is 0 Å². The highest BCUT2D eigenvalue weighted by molar-refractivity contribution is 5.77. The van der Waals surface area contributed by atoms with E-state index in [-0.39, 0.29) is 12.5 Å². The van der Waals surface area contributed by atoms with E-state index in [1.807, 2.05) is 42.5 Å². The van der Waals surface area contributed by atoms with Crippen molar-refractivity contribution in [3.05, 3.63) is 54.6 Å². The summed E-state index contributed by atoms with van der Waals surface area (Å²) < 4.78 is 16.8. The van der Waals surface area contributed by atoms with Gasteiger partial charge in [0.2, 0.25) is 0 Å². The van der Waals surface area contributed by atoms with E-state index in [2.05, 4.69) is 24.1 Å². The monoisotopic (exact) mass is 398 g/mol. The Balaban J connectivity index is 1.42. The normalized spacial score (nSPS) is 15.7. The largest absolute Gasteiger partial charge is 0.484 e. The molecule has 1 atom stereocenters. The molecule has 6 heteroatoms. The quantitative estimate of drug-likeness (QED) is 0.702. The molecule has 1 heterocycles. The van der Waals surface area contributed by atoms with E-state index < -0.39 is 0 Å². The lowest BCUT2D eigenvalue weighted by atomic mass is 10.0. The highest BCUT2D eigenvalue weighted by atomic mass is 16.5. The summed E-state index contributed by atoms with van der Waals surface area (Å²) in [6.07, 6.45) is 0. The second-order valence-electron chi connectivity index (χ2n) is 7.44. The summed E-state index contributed by atoms with van der Waals surface area (Å²) in [5.41, 5.74) is 0. The van der Waals surface area contributed by atoms with Crippen LogP contribution in [-0.4, -0.2) is 56.3 Å². The molecule has 0 unspecified atom stereocenters. The van der Waals surface area contributed by atoms with E-state index in [4.69, 9.17) is 14.2 Å². The lowest BCUT2D eigenvalue weighted by Crippen LogP contribution is -2.51. The summed E-state index contributed by atoms with van der Waals surface area (Å²) in [4.78, 5) is 14.6. The minimum Gasteiger partial charge on any atom is -0.484 e. The molecule has 0 aromatic heterocycles. The lowest BCUT2D eigenvalue weighted by molar-refractivity contribution is -0.123. The fourth-order valence-corrected chi connectivity index (χ4v) is 3.34. The zero-order valence-corrected chi connectivity index (χ0v) is 17.2. The molecule has 1 aliphatic heterocycles. The van der Waals surface area contributed by atoms with Crippen LogP contribution in [-0.2, 0) is 9.53 Å². The second kappa shape index (κ2) is 10.8. The van der Waals surface area contributed by atoms with Crippen molar-refractivity contribution in [2.45, 2.75) is 19.9 Å². The van der Waals surface area contributed by atoms with Gasteiger partial charge in [-0.15, -0.1) is 0 Å². The van der Waals surface area contributed by atoms with Crippen LogP contribution in [0.15, 0.2) is 54.6 Å². The highest BCUT2D eigenvalue weighted by Gasteiger charge is 2.24. The van der Waals surface area contributed by atoms with E-state index >= 15 is 0 Å². The van der Waals surface area contributed by atoms with Crippen LogP contribution in [0.3, 0.4) is 0 Å². The van der Waals surface area contributed by atoms with Crippen LogP contribution in [0, 0.1) is 5.92 Å². The van der Waals surface area contributed by atoms with Crippen molar-refractivity contribution in [1.29, 1.82) is 0 Å². The fraction of sp³-hybridized carbons (Fsp3) is 0.435. The Hall–Kier alpha value is -2.57. The lowest BCUT2D eigenvalue weighted by Gasteiger charge is -2.36. The van der Waals surface area contributed by atoms with Gasteiger partial charge in [-0.3, -0.25) is 9.69 Å². The number of carbonyl (C=O) groups is 1. The Kier molecular flexibility index (Phi) is 7.90. The van der Waals surface area contributed by atoms with Gasteiger partial charge >= 0.3 is 0 Å². The van der Waals surface area contributed by atoms with Gasteiger partial charge in [0.25, 0.3) is 5.91 Å². The Morgan fingerprint density at radius 2 is 1.62 bits per heavy atom. The smallest absolute Gasteiger partial charge is 0.257 e. The van der Waals surface area contributed by atoms with Crippen molar-refractivity contribution in [3.63, 3.8) is 0 Å². The number of benzene rings is 2. The summed E-state index contributed by atoms with van der Waals surface area (Å²) in [5.74, 6) is 2.47. The maximum atomic E-state index is 12.2. The van der Waals surface area contributed by atoms with E-state index in [0.29, 0.717) is 24.3 Å². The van der Waals surface area contributed by atoms with Crippen molar-refractivity contribution < 1.29 is 19.0 Å². The van der Waals surface area contributed by atoms with Gasteiger partial charge in [0.05, 0.1) is 13.2 Å². The first kappa shape index (κ1) is 21.1. The molecule has 1 aliphatic rings. The predicted octanol–water partition coefficient (Wildman–Crippen LogP) is 3.33. The van der Waals surface area contributed by atoms with Crippen molar-refractivity contribution in [1.82, 2.24) is 10.2 Å². The number of hydrogen-bond acceptors (Lipinski definition) is 5. The molecule has 0 bridgehead atoms. The highest BCUT2D eigenvalue weighted by Crippen LogP contribution is 2.23. The molecule has 1 amide bonds. The second-order valence-corrected chi connectivity index (χ2v) is 7.44. The summed E-state index contributed by atoms with van der Waals surface area (Å²) >= 11 is 0. The molecule has 6 nitrogen and oxygen atoms in total. The Bertz CT molecular complexity index is 743. The summed E-state index contributed by atoms with van der Waals surface area (Å²) in [5, 5.41) is 3.00. The van der Waals surface area contributed by atoms with Crippen LogP contribution in [0.1, 0.15) is 13.8 Å². The number of amides is 1. The van der Waals surface area contributed by atoms with Crippen molar-refractivity contribution in [2.24, 2.45) is 5.92 Å². The van der Waals surface area contributed by atoms with Crippen LogP contribution in [0.25, 0.3) is 0 Å². The summed E-state index contributed by atoms with van der Waals surface area (Å²) in [7, 11) is 0. The van der Waals surface area contributed by atoms with Crippen LogP contribution in [0.4, 0.5) is 0 Å². The topological polar surface area (TPSA) is 60.0 Å². The SMILES string of the molecule is CC(C)[C@H](CNC(=O)COc1ccc(Oc2ccccc2)cc1)N1CCOCC1. The number of rotatable bonds is 9. The van der Waals surface area contributed by atoms with Gasteiger partial charge < -0.3 is 19.5 Å². The van der Waals surface area contributed by atoms with Gasteiger partial charge in [-0.1, -0.05) is 32.0 Å². The first-order chi connectivity index (χ1) is 14.1. The van der Waals surface area contributed by atoms with Crippen molar-refractivity contribution in [3.8, 4) is 17.2 Å². The molecule has 0 saturated carbocycles. The zero-order valence-electron chi connectivity index (χ0n) is 17.2. The summed E-state index contributed by atoms with van der Waals surface area (Å²) in [6.45, 7) is 8.30. The van der Waals surface area contributed by atoms with Crippen LogP contribution < -0.4 is 14.8 Å². The number of para-hydroxylation sites is 1. The predicted molar refractivity (Wildman–Crippen MR) is 112 cm³/mol. The van der Waals surface area contributed by atoms with E-state index in [0.717, 1.165) is 37.8 Å².